The van der Waals surface area contributed by atoms with Crippen LogP contribution in [0.1, 0.15) is 46.5 Å². The second-order valence-electron chi connectivity index (χ2n) is 10.2. The molecule has 1 saturated heterocycles. The second-order valence-corrected chi connectivity index (χ2v) is 11.1. The molecule has 2 heterocycles. The first-order valence-corrected chi connectivity index (χ1v) is 12.1. The minimum atomic E-state index is 0.135. The van der Waals surface area contributed by atoms with Crippen molar-refractivity contribution in [1.29, 1.82) is 0 Å². The highest BCUT2D eigenvalue weighted by Gasteiger charge is 2.72. The number of benzene rings is 1. The minimum Gasteiger partial charge on any atom is -0.368 e. The zero-order valence-electron chi connectivity index (χ0n) is 18.0. The van der Waals surface area contributed by atoms with Gasteiger partial charge in [0.05, 0.1) is 11.1 Å². The van der Waals surface area contributed by atoms with E-state index in [0.29, 0.717) is 12.1 Å². The first-order chi connectivity index (χ1) is 14.4. The van der Waals surface area contributed by atoms with Gasteiger partial charge < -0.3 is 10.2 Å². The van der Waals surface area contributed by atoms with Crippen LogP contribution in [0.5, 0.6) is 0 Å². The number of pyridine rings is 1. The Morgan fingerprint density at radius 2 is 1.90 bits per heavy atom. The van der Waals surface area contributed by atoms with Crippen LogP contribution in [0, 0.1) is 5.92 Å². The van der Waals surface area contributed by atoms with Crippen LogP contribution in [-0.4, -0.2) is 41.3 Å². The highest BCUT2D eigenvalue weighted by molar-refractivity contribution is 7.97. The van der Waals surface area contributed by atoms with Crippen LogP contribution in [0.2, 0.25) is 0 Å². The summed E-state index contributed by atoms with van der Waals surface area (Å²) in [5.41, 5.74) is 5.84. The molecule has 6 nitrogen and oxygen atoms in total. The monoisotopic (exact) mass is 425 g/mol. The number of nitrogens with zero attached hydrogens (tertiary/aromatic N) is 2. The topological polar surface area (TPSA) is 61.5 Å². The number of piperazine rings is 1. The molecule has 3 aliphatic carbocycles. The molecule has 0 bridgehead atoms. The van der Waals surface area contributed by atoms with Crippen molar-refractivity contribution in [2.45, 2.75) is 74.6 Å². The van der Waals surface area contributed by atoms with E-state index in [0.717, 1.165) is 30.3 Å². The highest BCUT2D eigenvalue weighted by atomic mass is 32.2. The highest BCUT2D eigenvalue weighted by Crippen LogP contribution is 2.69. The van der Waals surface area contributed by atoms with Crippen LogP contribution in [0.4, 0.5) is 11.5 Å². The van der Waals surface area contributed by atoms with Gasteiger partial charge in [-0.3, -0.25) is 9.56 Å². The molecule has 4 fully saturated rings. The summed E-state index contributed by atoms with van der Waals surface area (Å²) in [6.07, 6.45) is 4.89. The van der Waals surface area contributed by atoms with Gasteiger partial charge in [-0.05, 0) is 88.6 Å². The smallest absolute Gasteiger partial charge is 0.150 e. The number of aromatic nitrogens is 1. The Morgan fingerprint density at radius 3 is 2.57 bits per heavy atom. The molecule has 7 heteroatoms. The van der Waals surface area contributed by atoms with Crippen LogP contribution in [0.25, 0.3) is 10.9 Å². The maximum absolute atomic E-state index is 5.91. The van der Waals surface area contributed by atoms with Crippen LogP contribution >= 0.6 is 11.9 Å². The van der Waals surface area contributed by atoms with E-state index in [9.17, 15) is 0 Å². The summed E-state index contributed by atoms with van der Waals surface area (Å²) in [6, 6.07) is 9.72. The van der Waals surface area contributed by atoms with Gasteiger partial charge in [0.2, 0.25) is 0 Å². The Hall–Kier alpha value is -1.54. The Labute approximate surface area is 182 Å². The molecule has 2 atom stereocenters. The maximum atomic E-state index is 5.91. The van der Waals surface area contributed by atoms with E-state index in [1.807, 2.05) is 6.07 Å². The standard InChI is InChI=1S/C23H31N5OS/c1-14-12-28(13-15(2)24-14)20-9-17(30-27-22(3)6-7-22)8-19-18(20)4-5-21(25-19)26-29-23-10-16(23)11-23/h4-5,8-9,14-16,24,27H,6-7,10-13H2,1-3H3,(H,25,26)/t14-,15?,16?,23?/m0/s1. The summed E-state index contributed by atoms with van der Waals surface area (Å²) in [5.74, 6) is 1.58. The Morgan fingerprint density at radius 1 is 1.17 bits per heavy atom. The van der Waals surface area contributed by atoms with Crippen LogP contribution in [0.3, 0.4) is 0 Å². The van der Waals surface area contributed by atoms with E-state index < -0.39 is 0 Å². The predicted molar refractivity (Wildman–Crippen MR) is 123 cm³/mol. The predicted octanol–water partition coefficient (Wildman–Crippen LogP) is 4.08. The molecule has 0 spiro atoms. The van der Waals surface area contributed by atoms with E-state index in [-0.39, 0.29) is 11.1 Å². The van der Waals surface area contributed by atoms with Gasteiger partial charge in [-0.15, -0.1) is 0 Å². The van der Waals surface area contributed by atoms with E-state index in [1.165, 1.54) is 41.7 Å². The lowest BCUT2D eigenvalue weighted by molar-refractivity contribution is 0.126. The van der Waals surface area contributed by atoms with Crippen molar-refractivity contribution in [3.8, 4) is 0 Å². The van der Waals surface area contributed by atoms with Crippen molar-refractivity contribution < 1.29 is 4.84 Å². The summed E-state index contributed by atoms with van der Waals surface area (Å²) in [5, 5.41) is 4.85. The van der Waals surface area contributed by atoms with Crippen molar-refractivity contribution in [2.24, 2.45) is 5.92 Å². The lowest BCUT2D eigenvalue weighted by Gasteiger charge is -2.38. The lowest BCUT2D eigenvalue weighted by Crippen LogP contribution is -2.54. The molecule has 3 saturated carbocycles. The van der Waals surface area contributed by atoms with E-state index in [4.69, 9.17) is 9.82 Å². The second kappa shape index (κ2) is 6.73. The van der Waals surface area contributed by atoms with Gasteiger partial charge in [0.1, 0.15) is 5.82 Å². The molecule has 4 aliphatic rings. The first-order valence-electron chi connectivity index (χ1n) is 11.3. The molecule has 1 aromatic heterocycles. The van der Waals surface area contributed by atoms with E-state index in [1.54, 1.807) is 11.9 Å². The zero-order valence-corrected chi connectivity index (χ0v) is 18.8. The number of rotatable bonds is 7. The average molecular weight is 426 g/mol. The van der Waals surface area contributed by atoms with E-state index in [2.05, 4.69) is 59.4 Å². The molecule has 160 valence electrons. The zero-order chi connectivity index (χ0) is 20.5. The Kier molecular flexibility index (Phi) is 4.30. The summed E-state index contributed by atoms with van der Waals surface area (Å²) >= 11 is 1.74. The Balaban J connectivity index is 1.32. The van der Waals surface area contributed by atoms with Crippen LogP contribution < -0.4 is 20.4 Å². The molecule has 1 aromatic carbocycles. The molecule has 30 heavy (non-hydrogen) atoms. The minimum absolute atomic E-state index is 0.135. The summed E-state index contributed by atoms with van der Waals surface area (Å²) in [4.78, 5) is 14.6. The van der Waals surface area contributed by atoms with Gasteiger partial charge in [0.25, 0.3) is 0 Å². The van der Waals surface area contributed by atoms with Crippen molar-refractivity contribution in [1.82, 2.24) is 15.0 Å². The molecular formula is C23H31N5OS. The first kappa shape index (κ1) is 19.2. The van der Waals surface area contributed by atoms with Crippen molar-refractivity contribution in [2.75, 3.05) is 23.5 Å². The largest absolute Gasteiger partial charge is 0.368 e. The maximum Gasteiger partial charge on any atom is 0.150 e. The summed E-state index contributed by atoms with van der Waals surface area (Å²) in [7, 11) is 0. The molecule has 0 radical (unpaired) electrons. The van der Waals surface area contributed by atoms with E-state index >= 15 is 0 Å². The number of hydrogen-bond donors (Lipinski definition) is 3. The fourth-order valence-corrected chi connectivity index (χ4v) is 5.45. The molecule has 1 aliphatic heterocycles. The number of fused-ring (bicyclic) bond motifs is 2. The van der Waals surface area contributed by atoms with Gasteiger partial charge >= 0.3 is 0 Å². The third-order valence-electron chi connectivity index (χ3n) is 7.04. The Bertz CT molecular complexity index is 972. The average Bonchev–Trinajstić information content (AvgIpc) is 3.61. The summed E-state index contributed by atoms with van der Waals surface area (Å²) < 4.78 is 3.65. The van der Waals surface area contributed by atoms with Crippen LogP contribution in [-0.2, 0) is 4.84 Å². The van der Waals surface area contributed by atoms with Crippen molar-refractivity contribution >= 4 is 34.4 Å². The molecule has 0 amide bonds. The SMILES string of the molecule is CC1CN(c2cc(SNC3(C)CC3)cc3nc(NOC45CC4C5)ccc23)C[C@H](C)N1. The fourth-order valence-electron chi connectivity index (χ4n) is 4.54. The normalized spacial score (nSPS) is 33.3. The van der Waals surface area contributed by atoms with Crippen LogP contribution in [0.15, 0.2) is 29.2 Å². The molecule has 2 aromatic rings. The van der Waals surface area contributed by atoms with Gasteiger partial charge in [-0.2, -0.15) is 0 Å². The van der Waals surface area contributed by atoms with Gasteiger partial charge in [0.15, 0.2) is 0 Å². The van der Waals surface area contributed by atoms with Gasteiger partial charge in [-0.1, -0.05) is 0 Å². The number of anilines is 2. The van der Waals surface area contributed by atoms with Gasteiger partial charge in [-0.25, -0.2) is 10.5 Å². The van der Waals surface area contributed by atoms with Gasteiger partial charge in [0, 0.05) is 46.7 Å². The third kappa shape index (κ3) is 3.66. The third-order valence-corrected chi connectivity index (χ3v) is 8.10. The molecule has 6 rings (SSSR count). The van der Waals surface area contributed by atoms with Crippen molar-refractivity contribution in [3.05, 3.63) is 24.3 Å². The number of hydrogen-bond acceptors (Lipinski definition) is 7. The summed E-state index contributed by atoms with van der Waals surface area (Å²) in [6.45, 7) is 8.83. The molecular weight excluding hydrogens is 394 g/mol. The molecule has 3 N–H and O–H groups in total. The number of nitrogens with one attached hydrogen (secondary N) is 3. The van der Waals surface area contributed by atoms with Crippen molar-refractivity contribution in [3.63, 3.8) is 0 Å². The quantitative estimate of drug-likeness (QED) is 0.456. The molecule has 1 unspecified atom stereocenters. The lowest BCUT2D eigenvalue weighted by atomic mass is 10.1. The fraction of sp³-hybridized carbons (Fsp3) is 0.609.